The van der Waals surface area contributed by atoms with Gasteiger partial charge in [0.2, 0.25) is 5.78 Å². The van der Waals surface area contributed by atoms with Crippen LogP contribution in [0.1, 0.15) is 32.5 Å². The van der Waals surface area contributed by atoms with Gasteiger partial charge in [-0.15, -0.1) is 0 Å². The minimum atomic E-state index is -0.814. The predicted molar refractivity (Wildman–Crippen MR) is 86.0 cm³/mol. The second kappa shape index (κ2) is 4.94. The predicted octanol–water partition coefficient (Wildman–Crippen LogP) is 0.628. The number of hydrogen-bond acceptors (Lipinski definition) is 4. The van der Waals surface area contributed by atoms with Gasteiger partial charge in [0.1, 0.15) is 0 Å². The first-order valence-corrected chi connectivity index (χ1v) is 7.49. The molecular weight excluding hydrogens is 298 g/mol. The zero-order valence-corrected chi connectivity index (χ0v) is 13.8. The SMILES string of the molecule is CCn1c(C)cn2c3c(=O)n(C(C)C(C)=O)c(=O)n(C)c3nc12. The largest absolute Gasteiger partial charge is 0.333 e. The maximum absolute atomic E-state index is 12.9. The Bertz CT molecular complexity index is 1060. The summed E-state index contributed by atoms with van der Waals surface area (Å²) in [6.07, 6.45) is 1.82. The molecule has 0 spiro atoms. The van der Waals surface area contributed by atoms with Gasteiger partial charge in [0.25, 0.3) is 5.56 Å². The first-order chi connectivity index (χ1) is 10.8. The van der Waals surface area contributed by atoms with Gasteiger partial charge in [0.05, 0.1) is 6.04 Å². The molecule has 0 aliphatic rings. The van der Waals surface area contributed by atoms with Crippen LogP contribution in [-0.4, -0.2) is 28.9 Å². The molecule has 8 heteroatoms. The molecular formula is C15H19N5O3. The molecule has 0 radical (unpaired) electrons. The monoisotopic (exact) mass is 317 g/mol. The van der Waals surface area contributed by atoms with Gasteiger partial charge in [-0.1, -0.05) is 0 Å². The van der Waals surface area contributed by atoms with Crippen LogP contribution in [-0.2, 0) is 18.4 Å². The topological polar surface area (TPSA) is 83.3 Å². The van der Waals surface area contributed by atoms with Crippen LogP contribution in [0.4, 0.5) is 0 Å². The van der Waals surface area contributed by atoms with E-state index < -0.39 is 17.3 Å². The maximum atomic E-state index is 12.9. The Hall–Kier alpha value is -2.64. The Morgan fingerprint density at radius 2 is 2.00 bits per heavy atom. The first-order valence-electron chi connectivity index (χ1n) is 7.49. The normalized spacial score (nSPS) is 13.1. The number of rotatable bonds is 3. The van der Waals surface area contributed by atoms with Crippen LogP contribution in [0.2, 0.25) is 0 Å². The molecule has 3 rings (SSSR count). The minimum absolute atomic E-state index is 0.244. The van der Waals surface area contributed by atoms with Gasteiger partial charge < -0.3 is 4.57 Å². The number of carbonyl (C=O) groups is 1. The van der Waals surface area contributed by atoms with Crippen LogP contribution in [0.25, 0.3) is 16.9 Å². The van der Waals surface area contributed by atoms with E-state index in [-0.39, 0.29) is 5.78 Å². The summed E-state index contributed by atoms with van der Waals surface area (Å²) in [5.41, 5.74) is 0.572. The van der Waals surface area contributed by atoms with Gasteiger partial charge in [0.15, 0.2) is 16.9 Å². The van der Waals surface area contributed by atoms with Gasteiger partial charge >= 0.3 is 5.69 Å². The lowest BCUT2D eigenvalue weighted by Crippen LogP contribution is -2.42. The number of ketones is 1. The van der Waals surface area contributed by atoms with Crippen LogP contribution in [0.15, 0.2) is 15.8 Å². The van der Waals surface area contributed by atoms with Crippen LogP contribution in [0.3, 0.4) is 0 Å². The number of Topliss-reactive ketones (excluding diaryl/α,β-unsaturated/α-hetero) is 1. The average Bonchev–Trinajstić information content (AvgIpc) is 2.99. The lowest BCUT2D eigenvalue weighted by atomic mass is 10.2. The van der Waals surface area contributed by atoms with Crippen molar-refractivity contribution in [3.63, 3.8) is 0 Å². The zero-order chi connectivity index (χ0) is 17.0. The molecule has 0 N–H and O–H groups in total. The Morgan fingerprint density at radius 3 is 2.57 bits per heavy atom. The van der Waals surface area contributed by atoms with E-state index in [1.54, 1.807) is 18.4 Å². The highest BCUT2D eigenvalue weighted by Crippen LogP contribution is 2.16. The highest BCUT2D eigenvalue weighted by Gasteiger charge is 2.23. The lowest BCUT2D eigenvalue weighted by molar-refractivity contribution is -0.119. The molecule has 0 saturated carbocycles. The van der Waals surface area contributed by atoms with E-state index in [9.17, 15) is 14.4 Å². The third kappa shape index (κ3) is 1.90. The molecule has 0 fully saturated rings. The summed E-state index contributed by atoms with van der Waals surface area (Å²) < 4.78 is 5.97. The molecule has 0 amide bonds. The molecule has 0 aromatic carbocycles. The number of carbonyl (C=O) groups excluding carboxylic acids is 1. The van der Waals surface area contributed by atoms with E-state index in [0.717, 1.165) is 10.3 Å². The second-order valence-corrected chi connectivity index (χ2v) is 5.77. The number of fused-ring (bicyclic) bond motifs is 3. The van der Waals surface area contributed by atoms with Crippen molar-refractivity contribution in [2.75, 3.05) is 0 Å². The summed E-state index contributed by atoms with van der Waals surface area (Å²) in [5.74, 6) is 0.368. The summed E-state index contributed by atoms with van der Waals surface area (Å²) in [6.45, 7) is 7.55. The quantitative estimate of drug-likeness (QED) is 0.709. The molecule has 0 aliphatic carbocycles. The molecule has 0 saturated heterocycles. The van der Waals surface area contributed by atoms with Crippen LogP contribution in [0.5, 0.6) is 0 Å². The summed E-state index contributed by atoms with van der Waals surface area (Å²) in [7, 11) is 1.56. The van der Waals surface area contributed by atoms with Crippen molar-refractivity contribution in [3.8, 4) is 0 Å². The van der Waals surface area contributed by atoms with Crippen molar-refractivity contribution in [1.29, 1.82) is 0 Å². The molecule has 1 atom stereocenters. The lowest BCUT2D eigenvalue weighted by Gasteiger charge is -2.12. The fourth-order valence-corrected chi connectivity index (χ4v) is 2.94. The summed E-state index contributed by atoms with van der Waals surface area (Å²) in [4.78, 5) is 41.5. The smallest absolute Gasteiger partial charge is 0.314 e. The van der Waals surface area contributed by atoms with Crippen LogP contribution >= 0.6 is 0 Å². The van der Waals surface area contributed by atoms with Crippen molar-refractivity contribution in [3.05, 3.63) is 32.7 Å². The fourth-order valence-electron chi connectivity index (χ4n) is 2.94. The van der Waals surface area contributed by atoms with E-state index >= 15 is 0 Å². The zero-order valence-electron chi connectivity index (χ0n) is 13.8. The number of aromatic nitrogens is 5. The summed E-state index contributed by atoms with van der Waals surface area (Å²) in [5, 5.41) is 0. The summed E-state index contributed by atoms with van der Waals surface area (Å²) >= 11 is 0. The van der Waals surface area contributed by atoms with E-state index in [1.807, 2.05) is 24.6 Å². The standard InChI is InChI=1S/C15H19N5O3/c1-6-18-8(2)7-19-11-12(16-14(18)19)17(5)15(23)20(13(11)22)9(3)10(4)21/h7,9H,6H2,1-5H3. The van der Waals surface area contributed by atoms with Crippen molar-refractivity contribution in [2.45, 2.75) is 40.3 Å². The van der Waals surface area contributed by atoms with Crippen molar-refractivity contribution in [1.82, 2.24) is 23.1 Å². The number of hydrogen-bond donors (Lipinski definition) is 0. The third-order valence-corrected chi connectivity index (χ3v) is 4.38. The van der Waals surface area contributed by atoms with Gasteiger partial charge in [-0.2, -0.15) is 4.98 Å². The Labute approximate surface area is 131 Å². The van der Waals surface area contributed by atoms with Crippen LogP contribution in [0, 0.1) is 6.92 Å². The molecule has 8 nitrogen and oxygen atoms in total. The van der Waals surface area contributed by atoms with E-state index in [1.165, 1.54) is 11.5 Å². The second-order valence-electron chi connectivity index (χ2n) is 5.77. The molecule has 0 bridgehead atoms. The van der Waals surface area contributed by atoms with Crippen molar-refractivity contribution in [2.24, 2.45) is 7.05 Å². The molecule has 23 heavy (non-hydrogen) atoms. The van der Waals surface area contributed by atoms with Gasteiger partial charge in [-0.05, 0) is 27.7 Å². The number of aryl methyl sites for hydroxylation is 3. The molecule has 0 aliphatic heterocycles. The van der Waals surface area contributed by atoms with Gasteiger partial charge in [-0.3, -0.25) is 18.6 Å². The molecule has 3 heterocycles. The molecule has 3 aromatic heterocycles. The van der Waals surface area contributed by atoms with E-state index in [4.69, 9.17) is 0 Å². The maximum Gasteiger partial charge on any atom is 0.333 e. The number of nitrogens with zero attached hydrogens (tertiary/aromatic N) is 5. The fraction of sp³-hybridized carbons (Fsp3) is 0.467. The van der Waals surface area contributed by atoms with Crippen LogP contribution < -0.4 is 11.2 Å². The van der Waals surface area contributed by atoms with E-state index in [0.29, 0.717) is 23.5 Å². The Balaban J connectivity index is 2.56. The highest BCUT2D eigenvalue weighted by atomic mass is 16.2. The molecule has 1 unspecified atom stereocenters. The van der Waals surface area contributed by atoms with Gasteiger partial charge in [0, 0.05) is 25.5 Å². The van der Waals surface area contributed by atoms with Gasteiger partial charge in [-0.25, -0.2) is 9.36 Å². The van der Waals surface area contributed by atoms with Crippen molar-refractivity contribution < 1.29 is 4.79 Å². The van der Waals surface area contributed by atoms with Crippen molar-refractivity contribution >= 4 is 22.7 Å². The Kier molecular flexibility index (Phi) is 3.28. The molecule has 3 aromatic rings. The first kappa shape index (κ1) is 15.3. The highest BCUT2D eigenvalue weighted by molar-refractivity contribution is 5.80. The molecule has 122 valence electrons. The average molecular weight is 317 g/mol. The minimum Gasteiger partial charge on any atom is -0.314 e. The summed E-state index contributed by atoms with van der Waals surface area (Å²) in [6, 6.07) is -0.814. The Morgan fingerprint density at radius 1 is 1.35 bits per heavy atom. The van der Waals surface area contributed by atoms with E-state index in [2.05, 4.69) is 4.98 Å². The number of imidazole rings is 2. The third-order valence-electron chi connectivity index (χ3n) is 4.38.